The van der Waals surface area contributed by atoms with Crippen molar-refractivity contribution in [3.63, 3.8) is 0 Å². The second kappa shape index (κ2) is 8.95. The summed E-state index contributed by atoms with van der Waals surface area (Å²) >= 11 is 0. The zero-order chi connectivity index (χ0) is 13.2. The van der Waals surface area contributed by atoms with Crippen LogP contribution in [0.2, 0.25) is 0 Å². The van der Waals surface area contributed by atoms with Crippen LogP contribution in [0.25, 0.3) is 0 Å². The number of carbonyl (C=O) groups is 2. The number of hydrogen-bond acceptors (Lipinski definition) is 3. The van der Waals surface area contributed by atoms with Crippen LogP contribution in [0, 0.1) is 0 Å². The third-order valence-corrected chi connectivity index (χ3v) is 3.25. The molecule has 0 bridgehead atoms. The van der Waals surface area contributed by atoms with Gasteiger partial charge in [0.25, 0.3) is 0 Å². The molecule has 0 atom stereocenters. The van der Waals surface area contributed by atoms with E-state index in [0.717, 1.165) is 19.3 Å². The molecule has 0 aromatic carbocycles. The highest BCUT2D eigenvalue weighted by molar-refractivity contribution is 5.83. The molecule has 104 valence electrons. The number of unbranched alkanes of at least 4 members (excludes halogenated alkanes) is 5. The first-order valence-electron chi connectivity index (χ1n) is 7.17. The van der Waals surface area contributed by atoms with Crippen molar-refractivity contribution in [1.29, 1.82) is 0 Å². The highest BCUT2D eigenvalue weighted by atomic mass is 16.5. The minimum atomic E-state index is -0.265. The molecule has 0 N–H and O–H groups in total. The zero-order valence-electron chi connectivity index (χ0n) is 11.5. The topological polar surface area (TPSA) is 46.6 Å². The van der Waals surface area contributed by atoms with E-state index in [4.69, 9.17) is 4.74 Å². The third-order valence-electron chi connectivity index (χ3n) is 3.25. The number of amides is 1. The lowest BCUT2D eigenvalue weighted by Crippen LogP contribution is -2.31. The number of nitrogens with zero attached hydrogens (tertiary/aromatic N) is 1. The lowest BCUT2D eigenvalue weighted by atomic mass is 10.1. The van der Waals surface area contributed by atoms with Gasteiger partial charge in [-0.05, 0) is 12.8 Å². The average molecular weight is 255 g/mol. The largest absolute Gasteiger partial charge is 0.464 e. The van der Waals surface area contributed by atoms with Gasteiger partial charge in [0.2, 0.25) is 5.91 Å². The predicted octanol–water partition coefficient (Wildman–Crippen LogP) is 2.51. The summed E-state index contributed by atoms with van der Waals surface area (Å²) in [6.07, 6.45) is 8.52. The number of rotatable bonds is 9. The number of likely N-dealkylation sites (tertiary alicyclic amines) is 1. The molecule has 18 heavy (non-hydrogen) atoms. The molecule has 0 aromatic heterocycles. The van der Waals surface area contributed by atoms with Crippen LogP contribution in [-0.4, -0.2) is 36.5 Å². The Hall–Kier alpha value is -1.06. The fraction of sp³-hybridized carbons (Fsp3) is 0.857. The van der Waals surface area contributed by atoms with Gasteiger partial charge in [-0.25, -0.2) is 0 Å². The van der Waals surface area contributed by atoms with Gasteiger partial charge in [0.15, 0.2) is 0 Å². The first-order valence-corrected chi connectivity index (χ1v) is 7.17. The molecule has 1 rings (SSSR count). The van der Waals surface area contributed by atoms with Gasteiger partial charge < -0.3 is 9.64 Å². The van der Waals surface area contributed by atoms with Crippen molar-refractivity contribution in [2.24, 2.45) is 0 Å². The smallest absolute Gasteiger partial charge is 0.325 e. The Morgan fingerprint density at radius 1 is 1.22 bits per heavy atom. The maximum atomic E-state index is 11.5. The van der Waals surface area contributed by atoms with Crippen LogP contribution in [0.3, 0.4) is 0 Å². The first-order chi connectivity index (χ1) is 8.74. The van der Waals surface area contributed by atoms with Crippen molar-refractivity contribution in [3.05, 3.63) is 0 Å². The van der Waals surface area contributed by atoms with Crippen LogP contribution >= 0.6 is 0 Å². The lowest BCUT2D eigenvalue weighted by molar-refractivity contribution is -0.148. The SMILES string of the molecule is CCCCCCCCOC(=O)CN1CCCC1=O. The van der Waals surface area contributed by atoms with Crippen molar-refractivity contribution in [2.45, 2.75) is 58.3 Å². The van der Waals surface area contributed by atoms with E-state index in [2.05, 4.69) is 6.92 Å². The Balaban J connectivity index is 1.95. The van der Waals surface area contributed by atoms with Crippen molar-refractivity contribution in [2.75, 3.05) is 19.7 Å². The van der Waals surface area contributed by atoms with Crippen LogP contribution in [0.5, 0.6) is 0 Å². The molecule has 1 aliphatic rings. The van der Waals surface area contributed by atoms with Gasteiger partial charge >= 0.3 is 5.97 Å². The zero-order valence-corrected chi connectivity index (χ0v) is 11.5. The van der Waals surface area contributed by atoms with Crippen LogP contribution in [0.1, 0.15) is 58.3 Å². The molecule has 1 aliphatic heterocycles. The summed E-state index contributed by atoms with van der Waals surface area (Å²) in [5, 5.41) is 0. The molecule has 4 nitrogen and oxygen atoms in total. The number of ether oxygens (including phenoxy) is 1. The molecule has 0 spiro atoms. The highest BCUT2D eigenvalue weighted by Gasteiger charge is 2.22. The van der Waals surface area contributed by atoms with E-state index >= 15 is 0 Å². The van der Waals surface area contributed by atoms with Gasteiger partial charge in [0, 0.05) is 13.0 Å². The van der Waals surface area contributed by atoms with Crippen LogP contribution in [0.4, 0.5) is 0 Å². The second-order valence-corrected chi connectivity index (χ2v) is 4.91. The Bertz CT molecular complexity index is 266. The third kappa shape index (κ3) is 6.03. The molecule has 1 amide bonds. The Labute approximate surface area is 110 Å². The van der Waals surface area contributed by atoms with Crippen LogP contribution in [-0.2, 0) is 14.3 Å². The standard InChI is InChI=1S/C14H25NO3/c1-2-3-4-5-6-7-11-18-14(17)12-15-10-8-9-13(15)16/h2-12H2,1H3. The quantitative estimate of drug-likeness (QED) is 0.470. The summed E-state index contributed by atoms with van der Waals surface area (Å²) in [4.78, 5) is 24.4. The van der Waals surface area contributed by atoms with Crippen molar-refractivity contribution < 1.29 is 14.3 Å². The summed E-state index contributed by atoms with van der Waals surface area (Å²) in [6, 6.07) is 0. The van der Waals surface area contributed by atoms with Gasteiger partial charge in [0.05, 0.1) is 6.61 Å². The Kier molecular flexibility index (Phi) is 7.46. The van der Waals surface area contributed by atoms with E-state index in [9.17, 15) is 9.59 Å². The molecule has 1 heterocycles. The van der Waals surface area contributed by atoms with Crippen molar-refractivity contribution >= 4 is 11.9 Å². The van der Waals surface area contributed by atoms with Crippen molar-refractivity contribution in [3.8, 4) is 0 Å². The summed E-state index contributed by atoms with van der Waals surface area (Å²) < 4.78 is 5.13. The normalized spacial score (nSPS) is 15.2. The lowest BCUT2D eigenvalue weighted by Gasteiger charge is -2.14. The summed E-state index contributed by atoms with van der Waals surface area (Å²) in [7, 11) is 0. The summed E-state index contributed by atoms with van der Waals surface area (Å²) in [5.74, 6) is -0.190. The molecule has 0 radical (unpaired) electrons. The Morgan fingerprint density at radius 2 is 1.94 bits per heavy atom. The monoisotopic (exact) mass is 255 g/mol. The van der Waals surface area contributed by atoms with Gasteiger partial charge in [-0.1, -0.05) is 39.0 Å². The van der Waals surface area contributed by atoms with Crippen LogP contribution < -0.4 is 0 Å². The van der Waals surface area contributed by atoms with E-state index in [-0.39, 0.29) is 18.4 Å². The number of esters is 1. The molecule has 0 aliphatic carbocycles. The maximum absolute atomic E-state index is 11.5. The summed E-state index contributed by atoms with van der Waals surface area (Å²) in [5.41, 5.74) is 0. The van der Waals surface area contributed by atoms with E-state index in [1.54, 1.807) is 4.90 Å². The molecule has 0 saturated carbocycles. The van der Waals surface area contributed by atoms with Gasteiger partial charge in [-0.15, -0.1) is 0 Å². The highest BCUT2D eigenvalue weighted by Crippen LogP contribution is 2.09. The van der Waals surface area contributed by atoms with Gasteiger partial charge in [-0.2, -0.15) is 0 Å². The Morgan fingerprint density at radius 3 is 2.61 bits per heavy atom. The van der Waals surface area contributed by atoms with Crippen molar-refractivity contribution in [1.82, 2.24) is 4.90 Å². The maximum Gasteiger partial charge on any atom is 0.325 e. The fourth-order valence-electron chi connectivity index (χ4n) is 2.14. The van der Waals surface area contributed by atoms with E-state index in [0.29, 0.717) is 19.6 Å². The minimum absolute atomic E-state index is 0.0755. The molecule has 1 saturated heterocycles. The molecule has 1 fully saturated rings. The van der Waals surface area contributed by atoms with Gasteiger partial charge in [0.1, 0.15) is 6.54 Å². The second-order valence-electron chi connectivity index (χ2n) is 4.91. The predicted molar refractivity (Wildman–Crippen MR) is 70.1 cm³/mol. The minimum Gasteiger partial charge on any atom is -0.464 e. The first kappa shape index (κ1) is 15.0. The fourth-order valence-corrected chi connectivity index (χ4v) is 2.14. The molecule has 0 unspecified atom stereocenters. The van der Waals surface area contributed by atoms with Gasteiger partial charge in [-0.3, -0.25) is 9.59 Å². The van der Waals surface area contributed by atoms with E-state index in [1.807, 2.05) is 0 Å². The molecular formula is C14H25NO3. The molecule has 0 aromatic rings. The van der Waals surface area contributed by atoms with Crippen LogP contribution in [0.15, 0.2) is 0 Å². The van der Waals surface area contributed by atoms with E-state index in [1.165, 1.54) is 25.7 Å². The molecule has 4 heteroatoms. The van der Waals surface area contributed by atoms with E-state index < -0.39 is 0 Å². The number of hydrogen-bond donors (Lipinski definition) is 0. The summed E-state index contributed by atoms with van der Waals surface area (Å²) in [6.45, 7) is 3.52. The average Bonchev–Trinajstić information content (AvgIpc) is 2.74. The number of carbonyl (C=O) groups excluding carboxylic acids is 2. The molecular weight excluding hydrogens is 230 g/mol.